The lowest BCUT2D eigenvalue weighted by Crippen LogP contribution is -2.44. The predicted octanol–water partition coefficient (Wildman–Crippen LogP) is 2.89. The molecule has 0 aliphatic carbocycles. The Bertz CT molecular complexity index is 377. The van der Waals surface area contributed by atoms with Crippen LogP contribution in [-0.4, -0.2) is 31.6 Å². The summed E-state index contributed by atoms with van der Waals surface area (Å²) in [6.07, 6.45) is 0. The zero-order valence-electron chi connectivity index (χ0n) is 12.1. The van der Waals surface area contributed by atoms with Crippen LogP contribution in [0.5, 0.6) is 0 Å². The normalized spacial score (nSPS) is 13.9. The van der Waals surface area contributed by atoms with Crippen LogP contribution in [0, 0.1) is 11.2 Å². The molecule has 1 N–H and O–H groups in total. The Labute approximate surface area is 110 Å². The van der Waals surface area contributed by atoms with Gasteiger partial charge >= 0.3 is 0 Å². The zero-order valence-corrected chi connectivity index (χ0v) is 12.1. The monoisotopic (exact) mass is 252 g/mol. The standard InChI is InChI=1S/C15H25FN2/c1-12(17-4)15(2,3)11-18(5)10-13-8-6-7-9-14(13)16/h6-9,12,17H,10-11H2,1-5H3. The first-order valence-electron chi connectivity index (χ1n) is 6.46. The number of nitrogens with one attached hydrogen (secondary N) is 1. The van der Waals surface area contributed by atoms with Gasteiger partial charge < -0.3 is 10.2 Å². The van der Waals surface area contributed by atoms with E-state index in [0.717, 1.165) is 12.1 Å². The van der Waals surface area contributed by atoms with Gasteiger partial charge in [-0.25, -0.2) is 4.39 Å². The summed E-state index contributed by atoms with van der Waals surface area (Å²) in [6, 6.07) is 7.39. The van der Waals surface area contributed by atoms with Gasteiger partial charge in [-0.2, -0.15) is 0 Å². The topological polar surface area (TPSA) is 15.3 Å². The Morgan fingerprint density at radius 3 is 2.50 bits per heavy atom. The van der Waals surface area contributed by atoms with Crippen molar-refractivity contribution in [3.8, 4) is 0 Å². The maximum atomic E-state index is 13.6. The van der Waals surface area contributed by atoms with E-state index in [4.69, 9.17) is 0 Å². The van der Waals surface area contributed by atoms with Crippen LogP contribution in [0.25, 0.3) is 0 Å². The Morgan fingerprint density at radius 1 is 1.33 bits per heavy atom. The molecule has 18 heavy (non-hydrogen) atoms. The van der Waals surface area contributed by atoms with Crippen LogP contribution in [0.3, 0.4) is 0 Å². The third kappa shape index (κ3) is 4.07. The van der Waals surface area contributed by atoms with Crippen molar-refractivity contribution in [1.29, 1.82) is 0 Å². The van der Waals surface area contributed by atoms with E-state index < -0.39 is 0 Å². The first kappa shape index (κ1) is 15.1. The molecular weight excluding hydrogens is 227 g/mol. The molecule has 0 heterocycles. The largest absolute Gasteiger partial charge is 0.317 e. The molecule has 0 bridgehead atoms. The highest BCUT2D eigenvalue weighted by molar-refractivity contribution is 5.17. The van der Waals surface area contributed by atoms with E-state index in [1.807, 2.05) is 26.2 Å². The van der Waals surface area contributed by atoms with Gasteiger partial charge in [0.15, 0.2) is 0 Å². The smallest absolute Gasteiger partial charge is 0.127 e. The van der Waals surface area contributed by atoms with Crippen LogP contribution in [0.2, 0.25) is 0 Å². The van der Waals surface area contributed by atoms with Crippen LogP contribution >= 0.6 is 0 Å². The van der Waals surface area contributed by atoms with Gasteiger partial charge in [0.1, 0.15) is 5.82 Å². The maximum Gasteiger partial charge on any atom is 0.127 e. The maximum absolute atomic E-state index is 13.6. The number of hydrogen-bond donors (Lipinski definition) is 1. The van der Waals surface area contributed by atoms with Gasteiger partial charge in [0.05, 0.1) is 0 Å². The lowest BCUT2D eigenvalue weighted by atomic mass is 9.85. The second-order valence-electron chi connectivity index (χ2n) is 5.76. The van der Waals surface area contributed by atoms with Crippen molar-refractivity contribution in [1.82, 2.24) is 10.2 Å². The van der Waals surface area contributed by atoms with Crippen LogP contribution in [0.1, 0.15) is 26.3 Å². The van der Waals surface area contributed by atoms with Gasteiger partial charge in [-0.3, -0.25) is 0 Å². The molecule has 1 unspecified atom stereocenters. The molecule has 0 amide bonds. The van der Waals surface area contributed by atoms with Gasteiger partial charge in [0.2, 0.25) is 0 Å². The summed E-state index contributed by atoms with van der Waals surface area (Å²) in [5.74, 6) is -0.121. The summed E-state index contributed by atoms with van der Waals surface area (Å²) in [5, 5.41) is 3.29. The van der Waals surface area contributed by atoms with Gasteiger partial charge in [-0.05, 0) is 32.5 Å². The van der Waals surface area contributed by atoms with E-state index in [1.165, 1.54) is 6.07 Å². The number of nitrogens with zero attached hydrogens (tertiary/aromatic N) is 1. The van der Waals surface area contributed by atoms with Gasteiger partial charge in [0, 0.05) is 24.7 Å². The van der Waals surface area contributed by atoms with Crippen molar-refractivity contribution in [3.05, 3.63) is 35.6 Å². The molecule has 3 heteroatoms. The van der Waals surface area contributed by atoms with Crippen LogP contribution in [-0.2, 0) is 6.54 Å². The highest BCUT2D eigenvalue weighted by atomic mass is 19.1. The molecule has 0 aliphatic rings. The molecule has 0 spiro atoms. The fraction of sp³-hybridized carbons (Fsp3) is 0.600. The Balaban J connectivity index is 2.62. The average molecular weight is 252 g/mol. The Morgan fingerprint density at radius 2 is 1.94 bits per heavy atom. The van der Waals surface area contributed by atoms with Gasteiger partial charge in [0.25, 0.3) is 0 Å². The summed E-state index contributed by atoms with van der Waals surface area (Å²) in [7, 11) is 4.01. The number of hydrogen-bond acceptors (Lipinski definition) is 2. The first-order valence-corrected chi connectivity index (χ1v) is 6.46. The van der Waals surface area contributed by atoms with E-state index in [9.17, 15) is 4.39 Å². The van der Waals surface area contributed by atoms with Crippen molar-refractivity contribution in [3.63, 3.8) is 0 Å². The molecule has 1 atom stereocenters. The second-order valence-corrected chi connectivity index (χ2v) is 5.76. The molecule has 0 radical (unpaired) electrons. The molecule has 1 aromatic rings. The van der Waals surface area contributed by atoms with Crippen molar-refractivity contribution < 1.29 is 4.39 Å². The summed E-state index contributed by atoms with van der Waals surface area (Å²) < 4.78 is 13.6. The number of benzene rings is 1. The van der Waals surface area contributed by atoms with E-state index in [-0.39, 0.29) is 11.2 Å². The minimum atomic E-state index is -0.121. The summed E-state index contributed by atoms with van der Waals surface area (Å²) >= 11 is 0. The zero-order chi connectivity index (χ0) is 13.8. The third-order valence-corrected chi connectivity index (χ3v) is 3.68. The molecule has 1 rings (SSSR count). The molecule has 0 aromatic heterocycles. The van der Waals surface area contributed by atoms with E-state index in [2.05, 4.69) is 31.0 Å². The van der Waals surface area contributed by atoms with Gasteiger partial charge in [-0.15, -0.1) is 0 Å². The molecule has 0 saturated heterocycles. The second kappa shape index (κ2) is 6.30. The van der Waals surface area contributed by atoms with Crippen LogP contribution in [0.4, 0.5) is 4.39 Å². The summed E-state index contributed by atoms with van der Waals surface area (Å²) in [6.45, 7) is 8.20. The number of halogens is 1. The average Bonchev–Trinajstić information content (AvgIpc) is 2.30. The quantitative estimate of drug-likeness (QED) is 0.837. The summed E-state index contributed by atoms with van der Waals surface area (Å²) in [5.41, 5.74) is 0.905. The fourth-order valence-corrected chi connectivity index (χ4v) is 2.20. The minimum Gasteiger partial charge on any atom is -0.317 e. The highest BCUT2D eigenvalue weighted by Crippen LogP contribution is 2.22. The van der Waals surface area contributed by atoms with Crippen molar-refractivity contribution in [2.24, 2.45) is 5.41 Å². The highest BCUT2D eigenvalue weighted by Gasteiger charge is 2.26. The lowest BCUT2D eigenvalue weighted by Gasteiger charge is -2.35. The van der Waals surface area contributed by atoms with Crippen LogP contribution in [0.15, 0.2) is 24.3 Å². The lowest BCUT2D eigenvalue weighted by molar-refractivity contribution is 0.163. The van der Waals surface area contributed by atoms with E-state index in [0.29, 0.717) is 12.6 Å². The minimum absolute atomic E-state index is 0.121. The van der Waals surface area contributed by atoms with Gasteiger partial charge in [-0.1, -0.05) is 32.0 Å². The van der Waals surface area contributed by atoms with Crippen molar-refractivity contribution in [2.45, 2.75) is 33.4 Å². The summed E-state index contributed by atoms with van der Waals surface area (Å²) in [4.78, 5) is 2.17. The molecule has 0 saturated carbocycles. The molecule has 102 valence electrons. The third-order valence-electron chi connectivity index (χ3n) is 3.68. The van der Waals surface area contributed by atoms with Crippen LogP contribution < -0.4 is 5.32 Å². The number of rotatable bonds is 6. The molecule has 2 nitrogen and oxygen atoms in total. The Hall–Kier alpha value is -0.930. The fourth-order valence-electron chi connectivity index (χ4n) is 2.20. The van der Waals surface area contributed by atoms with Crippen molar-refractivity contribution in [2.75, 3.05) is 20.6 Å². The van der Waals surface area contributed by atoms with Crippen molar-refractivity contribution >= 4 is 0 Å². The Kier molecular flexibility index (Phi) is 5.29. The molecule has 0 fully saturated rings. The predicted molar refractivity (Wildman–Crippen MR) is 75.0 cm³/mol. The van der Waals surface area contributed by atoms with E-state index >= 15 is 0 Å². The molecular formula is C15H25FN2. The SMILES string of the molecule is CNC(C)C(C)(C)CN(C)Cc1ccccc1F. The van der Waals surface area contributed by atoms with E-state index in [1.54, 1.807) is 6.07 Å². The molecule has 0 aliphatic heterocycles. The molecule has 1 aromatic carbocycles. The first-order chi connectivity index (χ1) is 8.36.